The molecule has 3 rings (SSSR count). The maximum atomic E-state index is 4.93. The predicted octanol–water partition coefficient (Wildman–Crippen LogP) is 3.90. The standard InChI is InChI=1S/C21H34N6S.HI/c1-4-22-21(23-10-7-12-27-16-17(2)14-25-27)24-15-18-8-5-11-26(3)20(18)19-9-6-13-28-19;/h6,9,13-14,16,18,20H,4-5,7-8,10-12,15H2,1-3H3,(H2,22,23,24);1H. The van der Waals surface area contributed by atoms with Gasteiger partial charge in [-0.15, -0.1) is 35.3 Å². The summed E-state index contributed by atoms with van der Waals surface area (Å²) >= 11 is 1.87. The van der Waals surface area contributed by atoms with Gasteiger partial charge in [0.1, 0.15) is 0 Å². The van der Waals surface area contributed by atoms with E-state index in [9.17, 15) is 0 Å². The van der Waals surface area contributed by atoms with Gasteiger partial charge in [-0.3, -0.25) is 14.6 Å². The maximum Gasteiger partial charge on any atom is 0.191 e. The Morgan fingerprint density at radius 2 is 2.24 bits per heavy atom. The Kier molecular flexibility index (Phi) is 10.4. The molecular formula is C21H35IN6S. The highest BCUT2D eigenvalue weighted by atomic mass is 127. The predicted molar refractivity (Wildman–Crippen MR) is 133 cm³/mol. The highest BCUT2D eigenvalue weighted by Gasteiger charge is 2.31. The number of nitrogens with one attached hydrogen (secondary N) is 2. The van der Waals surface area contributed by atoms with Crippen molar-refractivity contribution in [3.8, 4) is 0 Å². The second-order valence-electron chi connectivity index (χ2n) is 7.62. The number of piperidine rings is 1. The topological polar surface area (TPSA) is 57.5 Å². The molecule has 2 unspecified atom stereocenters. The molecule has 29 heavy (non-hydrogen) atoms. The van der Waals surface area contributed by atoms with Crippen molar-refractivity contribution >= 4 is 41.3 Å². The molecule has 1 fully saturated rings. The minimum absolute atomic E-state index is 0. The minimum atomic E-state index is 0. The molecular weight excluding hydrogens is 495 g/mol. The number of likely N-dealkylation sites (tertiary alicyclic amines) is 1. The average molecular weight is 531 g/mol. The molecule has 3 heterocycles. The quantitative estimate of drug-likeness (QED) is 0.235. The van der Waals surface area contributed by atoms with E-state index >= 15 is 0 Å². The van der Waals surface area contributed by atoms with Crippen LogP contribution in [0.25, 0.3) is 0 Å². The third-order valence-electron chi connectivity index (χ3n) is 5.29. The van der Waals surface area contributed by atoms with Crippen LogP contribution in [0.3, 0.4) is 0 Å². The first kappa shape index (κ1) is 24.1. The summed E-state index contributed by atoms with van der Waals surface area (Å²) in [6.45, 7) is 8.92. The molecule has 2 aromatic rings. The van der Waals surface area contributed by atoms with Gasteiger partial charge in [-0.2, -0.15) is 5.10 Å². The molecule has 8 heteroatoms. The summed E-state index contributed by atoms with van der Waals surface area (Å²) in [4.78, 5) is 8.90. The van der Waals surface area contributed by atoms with Gasteiger partial charge in [0.25, 0.3) is 0 Å². The van der Waals surface area contributed by atoms with Gasteiger partial charge in [-0.1, -0.05) is 6.07 Å². The summed E-state index contributed by atoms with van der Waals surface area (Å²) in [6.07, 6.45) is 7.52. The summed E-state index contributed by atoms with van der Waals surface area (Å²) in [7, 11) is 2.25. The van der Waals surface area contributed by atoms with E-state index in [1.807, 2.05) is 22.2 Å². The van der Waals surface area contributed by atoms with E-state index in [2.05, 4.69) is 65.2 Å². The first-order valence-corrected chi connectivity index (χ1v) is 11.3. The lowest BCUT2D eigenvalue weighted by Crippen LogP contribution is -2.40. The minimum Gasteiger partial charge on any atom is -0.357 e. The summed E-state index contributed by atoms with van der Waals surface area (Å²) < 4.78 is 2.00. The Morgan fingerprint density at radius 3 is 2.93 bits per heavy atom. The molecule has 162 valence electrons. The van der Waals surface area contributed by atoms with Gasteiger partial charge >= 0.3 is 0 Å². The Hall–Kier alpha value is -1.13. The lowest BCUT2D eigenvalue weighted by atomic mass is 9.88. The van der Waals surface area contributed by atoms with Gasteiger partial charge in [0, 0.05) is 43.3 Å². The van der Waals surface area contributed by atoms with E-state index in [1.165, 1.54) is 29.8 Å². The molecule has 0 aliphatic carbocycles. The molecule has 6 nitrogen and oxygen atoms in total. The fourth-order valence-corrected chi connectivity index (χ4v) is 4.93. The fourth-order valence-electron chi connectivity index (χ4n) is 3.95. The van der Waals surface area contributed by atoms with Crippen LogP contribution in [0.1, 0.15) is 42.7 Å². The molecule has 0 amide bonds. The Morgan fingerprint density at radius 1 is 1.38 bits per heavy atom. The van der Waals surface area contributed by atoms with Crippen LogP contribution in [0.4, 0.5) is 0 Å². The summed E-state index contributed by atoms with van der Waals surface area (Å²) in [5.41, 5.74) is 1.21. The van der Waals surface area contributed by atoms with Crippen molar-refractivity contribution in [3.63, 3.8) is 0 Å². The lowest BCUT2D eigenvalue weighted by Gasteiger charge is -2.38. The molecule has 2 atom stereocenters. The number of aromatic nitrogens is 2. The van der Waals surface area contributed by atoms with Gasteiger partial charge in [0.05, 0.1) is 6.20 Å². The lowest BCUT2D eigenvalue weighted by molar-refractivity contribution is 0.128. The average Bonchev–Trinajstić information content (AvgIpc) is 3.35. The van der Waals surface area contributed by atoms with Crippen molar-refractivity contribution in [3.05, 3.63) is 40.3 Å². The van der Waals surface area contributed by atoms with E-state index in [0.29, 0.717) is 12.0 Å². The molecule has 2 N–H and O–H groups in total. The molecule has 0 radical (unpaired) electrons. The van der Waals surface area contributed by atoms with Crippen LogP contribution in [-0.2, 0) is 6.54 Å². The number of thiophene rings is 1. The second-order valence-corrected chi connectivity index (χ2v) is 8.60. The van der Waals surface area contributed by atoms with E-state index in [0.717, 1.165) is 38.6 Å². The van der Waals surface area contributed by atoms with E-state index in [1.54, 1.807) is 0 Å². The number of halogens is 1. The number of hydrogen-bond acceptors (Lipinski definition) is 4. The fraction of sp³-hybridized carbons (Fsp3) is 0.619. The number of guanidine groups is 1. The number of nitrogens with zero attached hydrogens (tertiary/aromatic N) is 4. The second kappa shape index (κ2) is 12.5. The monoisotopic (exact) mass is 530 g/mol. The van der Waals surface area contributed by atoms with E-state index in [-0.39, 0.29) is 24.0 Å². The third-order valence-corrected chi connectivity index (χ3v) is 6.23. The van der Waals surface area contributed by atoms with Gasteiger partial charge < -0.3 is 10.6 Å². The SMILES string of the molecule is CCNC(=NCC1CCCN(C)C1c1cccs1)NCCCn1cc(C)cn1.I. The molecule has 1 aliphatic rings. The van der Waals surface area contributed by atoms with Gasteiger partial charge in [0.2, 0.25) is 0 Å². The van der Waals surface area contributed by atoms with Gasteiger partial charge in [0.15, 0.2) is 5.96 Å². The molecule has 0 saturated carbocycles. The van der Waals surface area contributed by atoms with Crippen molar-refractivity contribution < 1.29 is 0 Å². The van der Waals surface area contributed by atoms with Crippen LogP contribution in [0.2, 0.25) is 0 Å². The Labute approximate surface area is 196 Å². The molecule has 0 spiro atoms. The smallest absolute Gasteiger partial charge is 0.191 e. The normalized spacial score (nSPS) is 20.3. The van der Waals surface area contributed by atoms with Gasteiger partial charge in [-0.25, -0.2) is 0 Å². The van der Waals surface area contributed by atoms with Crippen molar-refractivity contribution in [2.24, 2.45) is 10.9 Å². The number of hydrogen-bond donors (Lipinski definition) is 2. The Bertz CT molecular complexity index is 729. The maximum absolute atomic E-state index is 4.93. The summed E-state index contributed by atoms with van der Waals surface area (Å²) in [5.74, 6) is 1.50. The van der Waals surface area contributed by atoms with Crippen LogP contribution < -0.4 is 10.6 Å². The van der Waals surface area contributed by atoms with Crippen LogP contribution in [0, 0.1) is 12.8 Å². The number of rotatable bonds is 8. The van der Waals surface area contributed by atoms with E-state index in [4.69, 9.17) is 4.99 Å². The first-order valence-electron chi connectivity index (χ1n) is 10.4. The Balaban J connectivity index is 0.00000300. The van der Waals surface area contributed by atoms with Crippen LogP contribution in [0.5, 0.6) is 0 Å². The highest BCUT2D eigenvalue weighted by molar-refractivity contribution is 14.0. The summed E-state index contributed by atoms with van der Waals surface area (Å²) in [5, 5.41) is 13.4. The van der Waals surface area contributed by atoms with Crippen molar-refractivity contribution in [2.75, 3.05) is 33.2 Å². The zero-order valence-corrected chi connectivity index (χ0v) is 21.0. The van der Waals surface area contributed by atoms with Gasteiger partial charge in [-0.05, 0) is 69.6 Å². The molecule has 1 aliphatic heterocycles. The molecule has 2 aromatic heterocycles. The molecule has 1 saturated heterocycles. The largest absolute Gasteiger partial charge is 0.357 e. The third kappa shape index (κ3) is 7.25. The van der Waals surface area contributed by atoms with Crippen LogP contribution in [-0.4, -0.2) is 53.9 Å². The number of aryl methyl sites for hydroxylation is 2. The summed E-state index contributed by atoms with van der Waals surface area (Å²) in [6, 6.07) is 4.92. The zero-order valence-electron chi connectivity index (χ0n) is 17.8. The highest BCUT2D eigenvalue weighted by Crippen LogP contribution is 2.37. The van der Waals surface area contributed by atoms with Crippen molar-refractivity contribution in [1.29, 1.82) is 0 Å². The molecule has 0 bridgehead atoms. The molecule has 0 aromatic carbocycles. The van der Waals surface area contributed by atoms with Crippen LogP contribution in [0.15, 0.2) is 34.9 Å². The van der Waals surface area contributed by atoms with Crippen molar-refractivity contribution in [2.45, 2.75) is 45.7 Å². The van der Waals surface area contributed by atoms with E-state index < -0.39 is 0 Å². The zero-order chi connectivity index (χ0) is 19.8. The number of aliphatic imine (C=N–C) groups is 1. The van der Waals surface area contributed by atoms with Crippen molar-refractivity contribution in [1.82, 2.24) is 25.3 Å². The first-order chi connectivity index (χ1) is 13.7. The van der Waals surface area contributed by atoms with Crippen LogP contribution >= 0.6 is 35.3 Å².